The van der Waals surface area contributed by atoms with Crippen molar-refractivity contribution in [3.63, 3.8) is 0 Å². The second-order valence-corrected chi connectivity index (χ2v) is 15.6. The number of nitrogens with zero attached hydrogens (tertiary/aromatic N) is 3. The molecule has 0 saturated carbocycles. The molecule has 0 bridgehead atoms. The minimum absolute atomic E-state index is 0.00462. The van der Waals surface area contributed by atoms with Crippen LogP contribution in [0.25, 0.3) is 11.3 Å². The minimum Gasteiger partial charge on any atom is -0.456 e. The van der Waals surface area contributed by atoms with E-state index in [0.717, 1.165) is 24.0 Å². The second kappa shape index (κ2) is 15.1. The molecular formula is C36H51N3O10. The van der Waals surface area contributed by atoms with Crippen molar-refractivity contribution in [2.75, 3.05) is 13.1 Å². The zero-order valence-electron chi connectivity index (χ0n) is 30.1. The molecule has 270 valence electrons. The van der Waals surface area contributed by atoms with Crippen LogP contribution in [0.5, 0.6) is 0 Å². The highest BCUT2D eigenvalue weighted by atomic mass is 16.7. The molecule has 13 nitrogen and oxygen atoms in total. The summed E-state index contributed by atoms with van der Waals surface area (Å²) in [5.41, 5.74) is -0.630. The number of oxazole rings is 1. The number of amides is 2. The number of aromatic nitrogens is 1. The first-order valence-corrected chi connectivity index (χ1v) is 16.8. The molecule has 0 N–H and O–H groups in total. The van der Waals surface area contributed by atoms with Crippen molar-refractivity contribution in [3.05, 3.63) is 42.4 Å². The molecular weight excluding hydrogens is 634 g/mol. The Kier molecular flexibility index (Phi) is 11.6. The van der Waals surface area contributed by atoms with E-state index in [9.17, 15) is 19.2 Å². The molecule has 1 aromatic heterocycles. The molecule has 0 spiro atoms. The molecule has 2 aromatic rings. The monoisotopic (exact) mass is 685 g/mol. The molecule has 4 atom stereocenters. The van der Waals surface area contributed by atoms with Crippen LogP contribution >= 0.6 is 0 Å². The number of carbonyl (C=O) groups excluding carboxylic acids is 4. The zero-order valence-corrected chi connectivity index (χ0v) is 30.1. The Morgan fingerprint density at radius 3 is 2.02 bits per heavy atom. The van der Waals surface area contributed by atoms with Crippen molar-refractivity contribution in [1.29, 1.82) is 0 Å². The molecule has 0 unspecified atom stereocenters. The first-order chi connectivity index (χ1) is 22.8. The van der Waals surface area contributed by atoms with Crippen LogP contribution in [-0.2, 0) is 34.9 Å². The Balaban J connectivity index is 1.57. The van der Waals surface area contributed by atoms with Gasteiger partial charge >= 0.3 is 24.3 Å². The maximum absolute atomic E-state index is 13.6. The Hall–Kier alpha value is -4.29. The van der Waals surface area contributed by atoms with Crippen molar-refractivity contribution < 1.29 is 47.3 Å². The molecule has 2 amide bonds. The lowest BCUT2D eigenvalue weighted by Crippen LogP contribution is -2.45. The molecule has 0 radical (unpaired) electrons. The number of hydrogen-bond acceptors (Lipinski definition) is 11. The molecule has 2 fully saturated rings. The molecule has 0 aliphatic carbocycles. The lowest BCUT2D eigenvalue weighted by molar-refractivity contribution is -0.156. The highest BCUT2D eigenvalue weighted by molar-refractivity contribution is 5.72. The van der Waals surface area contributed by atoms with Gasteiger partial charge in [0.25, 0.3) is 0 Å². The Bertz CT molecular complexity index is 1440. The smallest absolute Gasteiger partial charge is 0.456 e. The van der Waals surface area contributed by atoms with Crippen molar-refractivity contribution in [2.45, 2.75) is 136 Å². The van der Waals surface area contributed by atoms with Gasteiger partial charge in [0.05, 0.1) is 18.8 Å². The van der Waals surface area contributed by atoms with E-state index in [0.29, 0.717) is 18.7 Å². The number of likely N-dealkylation sites (tertiary alicyclic amines) is 2. The Morgan fingerprint density at radius 2 is 1.45 bits per heavy atom. The lowest BCUT2D eigenvalue weighted by Gasteiger charge is -2.30. The van der Waals surface area contributed by atoms with Gasteiger partial charge in [0.15, 0.2) is 24.4 Å². The van der Waals surface area contributed by atoms with Crippen LogP contribution in [0.3, 0.4) is 0 Å². The summed E-state index contributed by atoms with van der Waals surface area (Å²) in [6.07, 6.45) is 1.08. The van der Waals surface area contributed by atoms with Gasteiger partial charge in [0.2, 0.25) is 0 Å². The predicted molar refractivity (Wildman–Crippen MR) is 179 cm³/mol. The summed E-state index contributed by atoms with van der Waals surface area (Å²) in [6.45, 7) is 16.3. The number of carbonyl (C=O) groups is 4. The fraction of sp³-hybridized carbons (Fsp3) is 0.639. The fourth-order valence-electron chi connectivity index (χ4n) is 5.87. The summed E-state index contributed by atoms with van der Waals surface area (Å²) in [4.78, 5) is 59.9. The van der Waals surface area contributed by atoms with Gasteiger partial charge in [0, 0.05) is 24.6 Å². The standard InChI is InChI=1S/C36H51N3O10/c1-34(2,3)47-31(41)38-18-10-11-25(38)16-17-29(40)46-30-26(19-23-12-14-24(15-13-23)27-20-37-22-44-27)39(32(42)48-35(4,5)6)21-28(30)45-33(43)49-36(7,8)9/h12-15,20,22,25-26,28,30H,10-11,16-19,21H2,1-9H3/t25-,26+,28-,30-/m0/s1. The van der Waals surface area contributed by atoms with Crippen LogP contribution in [0, 0.1) is 0 Å². The minimum atomic E-state index is -1.04. The Labute approximate surface area is 288 Å². The summed E-state index contributed by atoms with van der Waals surface area (Å²) in [6, 6.07) is 6.59. The summed E-state index contributed by atoms with van der Waals surface area (Å²) in [5.74, 6) is 0.0588. The van der Waals surface area contributed by atoms with Gasteiger partial charge in [-0.25, -0.2) is 19.4 Å². The van der Waals surface area contributed by atoms with E-state index in [4.69, 9.17) is 28.1 Å². The second-order valence-electron chi connectivity index (χ2n) is 15.6. The average Bonchev–Trinajstić information content (AvgIpc) is 3.72. The van der Waals surface area contributed by atoms with Crippen LogP contribution in [0.4, 0.5) is 14.4 Å². The molecule has 2 aliphatic heterocycles. The van der Waals surface area contributed by atoms with Gasteiger partial charge in [-0.3, -0.25) is 9.69 Å². The number of rotatable bonds is 8. The Morgan fingerprint density at radius 1 is 0.837 bits per heavy atom. The van der Waals surface area contributed by atoms with Crippen molar-refractivity contribution in [1.82, 2.24) is 14.8 Å². The van der Waals surface area contributed by atoms with Gasteiger partial charge in [-0.15, -0.1) is 0 Å². The van der Waals surface area contributed by atoms with Gasteiger partial charge in [-0.2, -0.15) is 0 Å². The molecule has 49 heavy (non-hydrogen) atoms. The first kappa shape index (κ1) is 37.5. The highest BCUT2D eigenvalue weighted by Crippen LogP contribution is 2.32. The van der Waals surface area contributed by atoms with Crippen molar-refractivity contribution in [2.24, 2.45) is 0 Å². The number of benzene rings is 1. The third-order valence-electron chi connectivity index (χ3n) is 7.86. The fourth-order valence-corrected chi connectivity index (χ4v) is 5.87. The summed E-state index contributed by atoms with van der Waals surface area (Å²) >= 11 is 0. The lowest BCUT2D eigenvalue weighted by atomic mass is 9.99. The van der Waals surface area contributed by atoms with E-state index in [-0.39, 0.29) is 25.4 Å². The molecule has 2 saturated heterocycles. The van der Waals surface area contributed by atoms with Gasteiger partial charge in [-0.05, 0) is 93.6 Å². The maximum atomic E-state index is 13.6. The quantitative estimate of drug-likeness (QED) is 0.211. The highest BCUT2D eigenvalue weighted by Gasteiger charge is 2.50. The number of ether oxygens (including phenoxy) is 5. The first-order valence-electron chi connectivity index (χ1n) is 16.8. The van der Waals surface area contributed by atoms with E-state index in [1.165, 1.54) is 11.3 Å². The van der Waals surface area contributed by atoms with Crippen LogP contribution in [-0.4, -0.2) is 93.3 Å². The average molecular weight is 686 g/mol. The summed E-state index contributed by atoms with van der Waals surface area (Å²) in [7, 11) is 0. The third-order valence-corrected chi connectivity index (χ3v) is 7.86. The maximum Gasteiger partial charge on any atom is 0.509 e. The summed E-state index contributed by atoms with van der Waals surface area (Å²) < 4.78 is 34.0. The van der Waals surface area contributed by atoms with Crippen molar-refractivity contribution in [3.8, 4) is 11.3 Å². The van der Waals surface area contributed by atoms with Crippen molar-refractivity contribution >= 4 is 24.3 Å². The number of esters is 1. The molecule has 1 aromatic carbocycles. The van der Waals surface area contributed by atoms with E-state index in [2.05, 4.69) is 4.98 Å². The predicted octanol–water partition coefficient (Wildman–Crippen LogP) is 6.92. The topological polar surface area (TPSA) is 147 Å². The third kappa shape index (κ3) is 11.1. The van der Waals surface area contributed by atoms with Crippen LogP contribution in [0.1, 0.15) is 93.6 Å². The van der Waals surface area contributed by atoms with E-state index in [1.807, 2.05) is 45.0 Å². The molecule has 13 heteroatoms. The molecule has 4 rings (SSSR count). The largest absolute Gasteiger partial charge is 0.509 e. The molecule has 3 heterocycles. The van der Waals surface area contributed by atoms with Gasteiger partial charge in [0.1, 0.15) is 16.8 Å². The normalized spacial score (nSPS) is 21.3. The zero-order chi connectivity index (χ0) is 36.1. The summed E-state index contributed by atoms with van der Waals surface area (Å²) in [5, 5.41) is 0. The van der Waals surface area contributed by atoms with Crippen LogP contribution in [0.2, 0.25) is 0 Å². The SMILES string of the molecule is CC(C)(C)OC(=O)O[C@H]1CN(C(=O)OC(C)(C)C)[C@H](Cc2ccc(-c3cnco3)cc2)[C@@H]1OC(=O)CC[C@@H]1CCCN1C(=O)OC(C)(C)C. The van der Waals surface area contributed by atoms with Crippen LogP contribution in [0.15, 0.2) is 41.3 Å². The van der Waals surface area contributed by atoms with E-state index < -0.39 is 59.4 Å². The molecule has 2 aliphatic rings. The van der Waals surface area contributed by atoms with E-state index >= 15 is 0 Å². The van der Waals surface area contributed by atoms with Crippen LogP contribution < -0.4 is 0 Å². The van der Waals surface area contributed by atoms with E-state index in [1.54, 1.807) is 52.6 Å². The van der Waals surface area contributed by atoms with Gasteiger partial charge in [-0.1, -0.05) is 24.3 Å². The number of hydrogen-bond donors (Lipinski definition) is 0. The van der Waals surface area contributed by atoms with Gasteiger partial charge < -0.3 is 33.0 Å².